The smallest absolute Gasteiger partial charge is 0.263 e. The van der Waals surface area contributed by atoms with Gasteiger partial charge in [0.15, 0.2) is 5.16 Å². The van der Waals surface area contributed by atoms with E-state index in [1.165, 1.54) is 23.1 Å². The van der Waals surface area contributed by atoms with E-state index in [0.717, 1.165) is 15.3 Å². The summed E-state index contributed by atoms with van der Waals surface area (Å²) in [5.74, 6) is 1.62. The molecule has 3 aromatic heterocycles. The molecule has 3 heterocycles. The summed E-state index contributed by atoms with van der Waals surface area (Å²) in [5.41, 5.74) is 6.72. The van der Waals surface area contributed by atoms with Gasteiger partial charge >= 0.3 is 0 Å². The van der Waals surface area contributed by atoms with Gasteiger partial charge in [-0.15, -0.1) is 17.9 Å². The lowest BCUT2D eigenvalue weighted by atomic mass is 10.2. The molecule has 0 radical (unpaired) electrons. The maximum absolute atomic E-state index is 13.0. The predicted molar refractivity (Wildman–Crippen MR) is 112 cm³/mol. The normalized spacial score (nSPS) is 11.1. The van der Waals surface area contributed by atoms with Crippen molar-refractivity contribution >= 4 is 45.2 Å². The molecule has 0 atom stereocenters. The molecule has 10 heteroatoms. The molecule has 0 saturated heterocycles. The number of anilines is 2. The van der Waals surface area contributed by atoms with Crippen LogP contribution < -0.4 is 16.2 Å². The molecule has 0 fully saturated rings. The van der Waals surface area contributed by atoms with Gasteiger partial charge in [-0.25, -0.2) is 4.98 Å². The highest BCUT2D eigenvalue weighted by atomic mass is 32.2. The maximum Gasteiger partial charge on any atom is 0.263 e. The molecule has 8 nitrogen and oxygen atoms in total. The highest BCUT2D eigenvalue weighted by Crippen LogP contribution is 2.29. The van der Waals surface area contributed by atoms with Crippen LogP contribution in [0.3, 0.4) is 0 Å². The number of hydrogen-bond donors (Lipinski definition) is 1. The molecule has 0 bridgehead atoms. The molecule has 0 aliphatic rings. The summed E-state index contributed by atoms with van der Waals surface area (Å²) < 4.78 is 1.64. The van der Waals surface area contributed by atoms with Gasteiger partial charge in [0.05, 0.1) is 11.1 Å². The lowest BCUT2D eigenvalue weighted by Crippen LogP contribution is -2.22. The average molecular weight is 404 g/mol. The second-order valence-electron chi connectivity index (χ2n) is 6.16. The number of nitrogens with zero attached hydrogens (tertiary/aromatic N) is 6. The van der Waals surface area contributed by atoms with Crippen LogP contribution in [0, 0.1) is 13.8 Å². The summed E-state index contributed by atoms with van der Waals surface area (Å²) in [6.07, 6.45) is 1.69. The van der Waals surface area contributed by atoms with E-state index >= 15 is 0 Å². The largest absolute Gasteiger partial charge is 0.368 e. The zero-order valence-corrected chi connectivity index (χ0v) is 17.3. The van der Waals surface area contributed by atoms with Gasteiger partial charge in [-0.1, -0.05) is 17.8 Å². The topological polar surface area (TPSA) is 103 Å². The van der Waals surface area contributed by atoms with Crippen LogP contribution in [-0.2, 0) is 12.3 Å². The van der Waals surface area contributed by atoms with E-state index in [1.807, 2.05) is 27.9 Å². The zero-order chi connectivity index (χ0) is 19.7. The molecule has 0 aliphatic heterocycles. The monoisotopic (exact) mass is 403 g/mol. The Kier molecular flexibility index (Phi) is 5.47. The molecule has 2 N–H and O–H groups in total. The molecule has 0 amide bonds. The van der Waals surface area contributed by atoms with Crippen LogP contribution >= 0.6 is 23.1 Å². The quantitative estimate of drug-likeness (QED) is 0.380. The second kappa shape index (κ2) is 7.65. The van der Waals surface area contributed by atoms with Crippen molar-refractivity contribution in [3.63, 3.8) is 0 Å². The van der Waals surface area contributed by atoms with Crippen LogP contribution in [0.25, 0.3) is 10.2 Å². The van der Waals surface area contributed by atoms with Gasteiger partial charge in [0, 0.05) is 25.5 Å². The van der Waals surface area contributed by atoms with Crippen molar-refractivity contribution in [2.45, 2.75) is 31.3 Å². The van der Waals surface area contributed by atoms with E-state index in [1.54, 1.807) is 15.5 Å². The van der Waals surface area contributed by atoms with Gasteiger partial charge in [-0.2, -0.15) is 15.0 Å². The zero-order valence-electron chi connectivity index (χ0n) is 15.7. The Morgan fingerprint density at radius 2 is 2.00 bits per heavy atom. The summed E-state index contributed by atoms with van der Waals surface area (Å²) in [4.78, 5) is 34.0. The Morgan fingerprint density at radius 1 is 1.26 bits per heavy atom. The van der Waals surface area contributed by atoms with Crippen molar-refractivity contribution < 1.29 is 0 Å². The Balaban J connectivity index is 2.00. The molecule has 0 spiro atoms. The first-order valence-electron chi connectivity index (χ1n) is 8.23. The third-order valence-electron chi connectivity index (χ3n) is 3.98. The minimum Gasteiger partial charge on any atom is -0.368 e. The van der Waals surface area contributed by atoms with Gasteiger partial charge in [-0.05, 0) is 19.4 Å². The van der Waals surface area contributed by atoms with Crippen molar-refractivity contribution in [1.82, 2.24) is 24.5 Å². The number of nitrogens with two attached hydrogens (primary N) is 1. The molecular formula is C17H21N7OS2. The Morgan fingerprint density at radius 3 is 2.67 bits per heavy atom. The lowest BCUT2D eigenvalue weighted by molar-refractivity contribution is 0.672. The predicted octanol–water partition coefficient (Wildman–Crippen LogP) is 2.39. The number of thioether (sulfide) groups is 1. The standard InChI is InChI=1S/C17H21N7OS2/c1-6-7-24-14(25)12-9(2)10(3)27-13(12)21-17(24)26-8-11-19-15(18)22-16(20-11)23(4)5/h6H,1,7-8H2,2-5H3,(H2,18,19,20,22). The Bertz CT molecular complexity index is 1070. The van der Waals surface area contributed by atoms with E-state index in [9.17, 15) is 4.79 Å². The summed E-state index contributed by atoms with van der Waals surface area (Å²) >= 11 is 2.93. The fraction of sp³-hybridized carbons (Fsp3) is 0.353. The van der Waals surface area contributed by atoms with Crippen LogP contribution in [0.5, 0.6) is 0 Å². The second-order valence-corrected chi connectivity index (χ2v) is 8.30. The minimum absolute atomic E-state index is 0.0478. The first-order chi connectivity index (χ1) is 12.8. The summed E-state index contributed by atoms with van der Waals surface area (Å²) in [5, 5.41) is 1.29. The molecule has 27 heavy (non-hydrogen) atoms. The van der Waals surface area contributed by atoms with Crippen molar-refractivity contribution in [2.75, 3.05) is 24.7 Å². The number of rotatable bonds is 6. The Hall–Kier alpha value is -2.46. The van der Waals surface area contributed by atoms with Crippen molar-refractivity contribution in [2.24, 2.45) is 0 Å². The summed E-state index contributed by atoms with van der Waals surface area (Å²) in [7, 11) is 3.68. The summed E-state index contributed by atoms with van der Waals surface area (Å²) in [6, 6.07) is 0. The fourth-order valence-corrected chi connectivity index (χ4v) is 4.46. The third kappa shape index (κ3) is 3.81. The van der Waals surface area contributed by atoms with Gasteiger partial charge < -0.3 is 10.6 Å². The molecule has 0 aromatic carbocycles. The number of aromatic nitrogens is 5. The van der Waals surface area contributed by atoms with Crippen LogP contribution in [-0.4, -0.2) is 38.6 Å². The van der Waals surface area contributed by atoms with Crippen molar-refractivity contribution in [3.05, 3.63) is 39.3 Å². The SMILES string of the molecule is C=CCn1c(SCc2nc(N)nc(N(C)C)n2)nc2sc(C)c(C)c2c1=O. The Labute approximate surface area is 165 Å². The summed E-state index contributed by atoms with van der Waals surface area (Å²) in [6.45, 7) is 8.11. The van der Waals surface area contributed by atoms with Crippen LogP contribution in [0.2, 0.25) is 0 Å². The fourth-order valence-electron chi connectivity index (χ4n) is 2.53. The number of fused-ring (bicyclic) bond motifs is 1. The van der Waals surface area contributed by atoms with Crippen LogP contribution in [0.4, 0.5) is 11.9 Å². The highest BCUT2D eigenvalue weighted by Gasteiger charge is 2.17. The first kappa shape index (κ1) is 19.3. The van der Waals surface area contributed by atoms with E-state index in [-0.39, 0.29) is 11.5 Å². The maximum atomic E-state index is 13.0. The van der Waals surface area contributed by atoms with Crippen LogP contribution in [0.15, 0.2) is 22.6 Å². The third-order valence-corrected chi connectivity index (χ3v) is 6.06. The van der Waals surface area contributed by atoms with E-state index < -0.39 is 0 Å². The van der Waals surface area contributed by atoms with E-state index in [2.05, 4.69) is 21.5 Å². The molecule has 0 aliphatic carbocycles. The van der Waals surface area contributed by atoms with Gasteiger partial charge in [0.1, 0.15) is 10.7 Å². The lowest BCUT2D eigenvalue weighted by Gasteiger charge is -2.12. The van der Waals surface area contributed by atoms with E-state index in [4.69, 9.17) is 10.7 Å². The average Bonchev–Trinajstić information content (AvgIpc) is 2.89. The minimum atomic E-state index is -0.0478. The van der Waals surface area contributed by atoms with E-state index in [0.29, 0.717) is 34.6 Å². The molecule has 0 unspecified atom stereocenters. The van der Waals surface area contributed by atoms with Crippen LogP contribution in [0.1, 0.15) is 16.3 Å². The molecule has 3 rings (SSSR count). The van der Waals surface area contributed by atoms with Gasteiger partial charge in [-0.3, -0.25) is 9.36 Å². The number of aryl methyl sites for hydroxylation is 2. The highest BCUT2D eigenvalue weighted by molar-refractivity contribution is 7.98. The first-order valence-corrected chi connectivity index (χ1v) is 10.0. The molecule has 3 aromatic rings. The molecular weight excluding hydrogens is 382 g/mol. The number of thiophene rings is 1. The number of nitrogen functional groups attached to an aromatic ring is 1. The number of allylic oxidation sites excluding steroid dienone is 1. The van der Waals surface area contributed by atoms with Gasteiger partial charge in [0.2, 0.25) is 11.9 Å². The molecule has 142 valence electrons. The van der Waals surface area contributed by atoms with Crippen molar-refractivity contribution in [1.29, 1.82) is 0 Å². The van der Waals surface area contributed by atoms with Gasteiger partial charge in [0.25, 0.3) is 5.56 Å². The molecule has 0 saturated carbocycles. The van der Waals surface area contributed by atoms with Crippen molar-refractivity contribution in [3.8, 4) is 0 Å². The number of hydrogen-bond acceptors (Lipinski definition) is 9.